The van der Waals surface area contributed by atoms with Crippen LogP contribution in [-0.2, 0) is 0 Å². The predicted octanol–water partition coefficient (Wildman–Crippen LogP) is 5.78. The first kappa shape index (κ1) is 19.7. The fourth-order valence-corrected chi connectivity index (χ4v) is 2.58. The van der Waals surface area contributed by atoms with Gasteiger partial charge in [0.25, 0.3) is 0 Å². The Labute approximate surface area is 170 Å². The van der Waals surface area contributed by atoms with Gasteiger partial charge in [0.1, 0.15) is 17.2 Å². The van der Waals surface area contributed by atoms with Crippen LogP contribution < -0.4 is 5.73 Å². The lowest BCUT2D eigenvalue weighted by atomic mass is 10.0. The Morgan fingerprint density at radius 2 is 1.21 bits per heavy atom. The molecule has 0 aliphatic heterocycles. The summed E-state index contributed by atoms with van der Waals surface area (Å²) in [5.41, 5.74) is 9.93. The summed E-state index contributed by atoms with van der Waals surface area (Å²) in [5.74, 6) is 0.439. The van der Waals surface area contributed by atoms with Crippen LogP contribution in [0.5, 0.6) is 11.5 Å². The molecule has 144 valence electrons. The Morgan fingerprint density at radius 1 is 0.621 bits per heavy atom. The number of hydrogen-bond donors (Lipinski definition) is 3. The number of phenols is 2. The molecule has 4 nitrogen and oxygen atoms in total. The van der Waals surface area contributed by atoms with Gasteiger partial charge in [-0.25, -0.2) is 0 Å². The number of hydrogen-bond acceptors (Lipinski definition) is 4. The van der Waals surface area contributed by atoms with Gasteiger partial charge in [0.05, 0.1) is 0 Å². The van der Waals surface area contributed by atoms with Crippen LogP contribution in [0.15, 0.2) is 108 Å². The van der Waals surface area contributed by atoms with E-state index in [9.17, 15) is 5.11 Å². The molecule has 0 heterocycles. The monoisotopic (exact) mass is 382 g/mol. The van der Waals surface area contributed by atoms with Crippen LogP contribution >= 0.6 is 0 Å². The summed E-state index contributed by atoms with van der Waals surface area (Å²) >= 11 is 0. The van der Waals surface area contributed by atoms with E-state index in [1.807, 2.05) is 36.4 Å². The topological polar surface area (TPSA) is 78.8 Å². The largest absolute Gasteiger partial charge is 0.508 e. The number of nitrogens with zero attached hydrogens (tertiary/aromatic N) is 1. The maximum absolute atomic E-state index is 9.67. The lowest BCUT2D eigenvalue weighted by Crippen LogP contribution is -1.82. The summed E-state index contributed by atoms with van der Waals surface area (Å²) in [6, 6.07) is 31.9. The molecular weight excluding hydrogens is 360 g/mol. The molecule has 0 saturated heterocycles. The lowest BCUT2D eigenvalue weighted by molar-refractivity contribution is 0.475. The molecule has 4 N–H and O–H groups in total. The standard InChI is InChI=1S/C19H15NO.C6H7NO/c21-19-9-5-4-8-18(19)20-14-15-10-12-17(13-11-15)16-6-2-1-3-7-16;7-5-1-3-6(8)4-2-5/h1-14,21H;1-4,8H,7H2. The molecule has 4 aromatic rings. The zero-order valence-corrected chi connectivity index (χ0v) is 15.8. The summed E-state index contributed by atoms with van der Waals surface area (Å²) in [6.45, 7) is 0. The van der Waals surface area contributed by atoms with E-state index in [4.69, 9.17) is 10.8 Å². The van der Waals surface area contributed by atoms with Gasteiger partial charge in [0.2, 0.25) is 0 Å². The zero-order valence-electron chi connectivity index (χ0n) is 15.8. The molecular formula is C25H22N2O2. The minimum atomic E-state index is 0.189. The molecule has 0 radical (unpaired) electrons. The van der Waals surface area contributed by atoms with E-state index in [1.165, 1.54) is 11.1 Å². The number of nitrogens with two attached hydrogens (primary N) is 1. The first-order valence-corrected chi connectivity index (χ1v) is 9.14. The fourth-order valence-electron chi connectivity index (χ4n) is 2.58. The van der Waals surface area contributed by atoms with Gasteiger partial charge in [-0.15, -0.1) is 0 Å². The van der Waals surface area contributed by atoms with Crippen molar-refractivity contribution in [2.24, 2.45) is 4.99 Å². The van der Waals surface area contributed by atoms with Crippen LogP contribution in [0.3, 0.4) is 0 Å². The number of aliphatic imine (C=N–C) groups is 1. The maximum Gasteiger partial charge on any atom is 0.141 e. The summed E-state index contributed by atoms with van der Waals surface area (Å²) < 4.78 is 0. The molecule has 4 aromatic carbocycles. The second-order valence-electron chi connectivity index (χ2n) is 6.33. The minimum Gasteiger partial charge on any atom is -0.508 e. The van der Waals surface area contributed by atoms with Crippen LogP contribution in [0.25, 0.3) is 11.1 Å². The first-order chi connectivity index (χ1) is 14.1. The van der Waals surface area contributed by atoms with E-state index in [2.05, 4.69) is 29.3 Å². The van der Waals surface area contributed by atoms with Crippen molar-refractivity contribution in [2.45, 2.75) is 0 Å². The zero-order chi connectivity index (χ0) is 20.5. The number of aromatic hydroxyl groups is 2. The average Bonchev–Trinajstić information content (AvgIpc) is 2.77. The third kappa shape index (κ3) is 5.97. The van der Waals surface area contributed by atoms with Crippen molar-refractivity contribution in [1.29, 1.82) is 0 Å². The smallest absolute Gasteiger partial charge is 0.141 e. The van der Waals surface area contributed by atoms with E-state index in [1.54, 1.807) is 48.7 Å². The second kappa shape index (κ2) is 9.76. The normalized spacial score (nSPS) is 10.3. The Bertz CT molecular complexity index is 1040. The van der Waals surface area contributed by atoms with Gasteiger partial charge in [0, 0.05) is 11.9 Å². The summed E-state index contributed by atoms with van der Waals surface area (Å²) in [6.07, 6.45) is 1.75. The number of anilines is 1. The van der Waals surface area contributed by atoms with Gasteiger partial charge in [-0.1, -0.05) is 66.7 Å². The Balaban J connectivity index is 0.000000252. The molecule has 0 aliphatic rings. The highest BCUT2D eigenvalue weighted by Gasteiger charge is 1.97. The van der Waals surface area contributed by atoms with E-state index in [0.29, 0.717) is 11.4 Å². The molecule has 0 atom stereocenters. The van der Waals surface area contributed by atoms with Gasteiger partial charge in [-0.3, -0.25) is 4.99 Å². The maximum atomic E-state index is 9.67. The van der Waals surface area contributed by atoms with E-state index < -0.39 is 0 Å². The average molecular weight is 382 g/mol. The van der Waals surface area contributed by atoms with Crippen molar-refractivity contribution in [2.75, 3.05) is 5.73 Å². The number of benzene rings is 4. The van der Waals surface area contributed by atoms with Crippen molar-refractivity contribution >= 4 is 17.6 Å². The summed E-state index contributed by atoms with van der Waals surface area (Å²) in [7, 11) is 0. The number of rotatable bonds is 3. The highest BCUT2D eigenvalue weighted by Crippen LogP contribution is 2.25. The van der Waals surface area contributed by atoms with E-state index in [-0.39, 0.29) is 11.5 Å². The molecule has 0 bridgehead atoms. The van der Waals surface area contributed by atoms with Crippen LogP contribution in [0.4, 0.5) is 11.4 Å². The lowest BCUT2D eigenvalue weighted by Gasteiger charge is -2.02. The Kier molecular flexibility index (Phi) is 6.63. The van der Waals surface area contributed by atoms with Gasteiger partial charge >= 0.3 is 0 Å². The first-order valence-electron chi connectivity index (χ1n) is 9.14. The van der Waals surface area contributed by atoms with Gasteiger partial charge in [-0.2, -0.15) is 0 Å². The molecule has 4 heteroatoms. The summed E-state index contributed by atoms with van der Waals surface area (Å²) in [4.78, 5) is 4.30. The SMILES string of the molecule is Nc1ccc(O)cc1.Oc1ccccc1N=Cc1ccc(-c2ccccc2)cc1. The molecule has 0 amide bonds. The highest BCUT2D eigenvalue weighted by atomic mass is 16.3. The molecule has 0 aliphatic carbocycles. The minimum absolute atomic E-state index is 0.189. The van der Waals surface area contributed by atoms with Crippen molar-refractivity contribution in [3.8, 4) is 22.6 Å². The quantitative estimate of drug-likeness (QED) is 0.239. The summed E-state index contributed by atoms with van der Waals surface area (Å²) in [5, 5.41) is 18.4. The van der Waals surface area contributed by atoms with Gasteiger partial charge in [0.15, 0.2) is 0 Å². The van der Waals surface area contributed by atoms with Crippen molar-refractivity contribution in [3.05, 3.63) is 109 Å². The second-order valence-corrected chi connectivity index (χ2v) is 6.33. The van der Waals surface area contributed by atoms with Crippen molar-refractivity contribution in [3.63, 3.8) is 0 Å². The molecule has 4 rings (SSSR count). The van der Waals surface area contributed by atoms with Crippen LogP contribution in [0, 0.1) is 0 Å². The third-order valence-corrected chi connectivity index (χ3v) is 4.15. The molecule has 0 aromatic heterocycles. The van der Waals surface area contributed by atoms with Crippen LogP contribution in [0.2, 0.25) is 0 Å². The highest BCUT2D eigenvalue weighted by molar-refractivity contribution is 5.83. The van der Waals surface area contributed by atoms with Crippen LogP contribution in [-0.4, -0.2) is 16.4 Å². The van der Waals surface area contributed by atoms with E-state index >= 15 is 0 Å². The number of phenolic OH excluding ortho intramolecular Hbond substituents is 2. The van der Waals surface area contributed by atoms with Crippen LogP contribution in [0.1, 0.15) is 5.56 Å². The van der Waals surface area contributed by atoms with Crippen molar-refractivity contribution < 1.29 is 10.2 Å². The molecule has 29 heavy (non-hydrogen) atoms. The number of nitrogen functional groups attached to an aromatic ring is 1. The van der Waals surface area contributed by atoms with Crippen molar-refractivity contribution in [1.82, 2.24) is 0 Å². The van der Waals surface area contributed by atoms with E-state index in [0.717, 1.165) is 5.56 Å². The Morgan fingerprint density at radius 3 is 1.83 bits per heavy atom. The third-order valence-electron chi connectivity index (χ3n) is 4.15. The molecule has 0 unspecified atom stereocenters. The predicted molar refractivity (Wildman–Crippen MR) is 120 cm³/mol. The molecule has 0 fully saturated rings. The molecule has 0 saturated carbocycles. The number of para-hydroxylation sites is 2. The van der Waals surface area contributed by atoms with Gasteiger partial charge < -0.3 is 15.9 Å². The fraction of sp³-hybridized carbons (Fsp3) is 0. The van der Waals surface area contributed by atoms with Gasteiger partial charge in [-0.05, 0) is 53.1 Å². The molecule has 0 spiro atoms. The Hall–Kier alpha value is -4.05.